The van der Waals surface area contributed by atoms with Crippen molar-refractivity contribution in [2.75, 3.05) is 13.6 Å². The molecule has 4 nitrogen and oxygen atoms in total. The molecular formula is C7H9N3O. The molecule has 0 aromatic carbocycles. The summed E-state index contributed by atoms with van der Waals surface area (Å²) in [6.07, 6.45) is 3.49. The summed E-state index contributed by atoms with van der Waals surface area (Å²) in [4.78, 5) is 17.0. The molecule has 58 valence electrons. The van der Waals surface area contributed by atoms with Crippen molar-refractivity contribution in [3.63, 3.8) is 0 Å². The molecule has 0 unspecified atom stereocenters. The average Bonchev–Trinajstić information content (AvgIpc) is 2.45. The molecule has 0 spiro atoms. The number of imidazole rings is 1. The Morgan fingerprint density at radius 3 is 3.18 bits per heavy atom. The van der Waals surface area contributed by atoms with Crippen molar-refractivity contribution in [1.82, 2.24) is 14.5 Å². The van der Waals surface area contributed by atoms with Gasteiger partial charge in [-0.15, -0.1) is 0 Å². The first-order chi connectivity index (χ1) is 5.29. The second kappa shape index (κ2) is 2.08. The highest BCUT2D eigenvalue weighted by molar-refractivity contribution is 5.91. The Morgan fingerprint density at radius 1 is 1.55 bits per heavy atom. The maximum atomic E-state index is 11.3. The van der Waals surface area contributed by atoms with Crippen LogP contribution in [0.4, 0.5) is 0 Å². The van der Waals surface area contributed by atoms with Crippen LogP contribution < -0.4 is 0 Å². The van der Waals surface area contributed by atoms with Crippen molar-refractivity contribution in [3.8, 4) is 0 Å². The molecule has 2 rings (SSSR count). The maximum Gasteiger partial charge on any atom is 0.289 e. The van der Waals surface area contributed by atoms with E-state index in [0.29, 0.717) is 5.82 Å². The van der Waals surface area contributed by atoms with Gasteiger partial charge in [-0.05, 0) is 0 Å². The highest BCUT2D eigenvalue weighted by Crippen LogP contribution is 2.07. The van der Waals surface area contributed by atoms with E-state index in [1.807, 2.05) is 10.8 Å². The Hall–Kier alpha value is -1.32. The molecule has 0 fully saturated rings. The molecule has 1 aliphatic heterocycles. The van der Waals surface area contributed by atoms with E-state index >= 15 is 0 Å². The van der Waals surface area contributed by atoms with Crippen LogP contribution in [0.5, 0.6) is 0 Å². The molecule has 0 radical (unpaired) electrons. The summed E-state index contributed by atoms with van der Waals surface area (Å²) in [5, 5.41) is 0. The molecule has 4 heteroatoms. The molecule has 11 heavy (non-hydrogen) atoms. The van der Waals surface area contributed by atoms with Crippen molar-refractivity contribution < 1.29 is 4.79 Å². The van der Waals surface area contributed by atoms with Gasteiger partial charge in [0.2, 0.25) is 0 Å². The molecular weight excluding hydrogens is 142 g/mol. The molecule has 1 aromatic heterocycles. The summed E-state index contributed by atoms with van der Waals surface area (Å²) >= 11 is 0. The van der Waals surface area contributed by atoms with Crippen LogP contribution in [-0.4, -0.2) is 34.0 Å². The molecule has 0 bridgehead atoms. The molecule has 0 N–H and O–H groups in total. The molecule has 0 saturated heterocycles. The van der Waals surface area contributed by atoms with E-state index < -0.39 is 0 Å². The standard InChI is InChI=1S/C7H9N3O/c1-9-4-5-10-3-2-8-6(10)7(9)11/h2-3H,4-5H2,1H3. The Morgan fingerprint density at radius 2 is 2.36 bits per heavy atom. The van der Waals surface area contributed by atoms with E-state index in [1.165, 1.54) is 0 Å². The minimum atomic E-state index is 0.0150. The highest BCUT2D eigenvalue weighted by atomic mass is 16.2. The number of hydrogen-bond acceptors (Lipinski definition) is 2. The van der Waals surface area contributed by atoms with Crippen LogP contribution in [0.2, 0.25) is 0 Å². The fourth-order valence-electron chi connectivity index (χ4n) is 1.22. The first kappa shape index (κ1) is 6.39. The van der Waals surface area contributed by atoms with Crippen molar-refractivity contribution in [2.24, 2.45) is 0 Å². The SMILES string of the molecule is CN1CCn2ccnc2C1=O. The number of fused-ring (bicyclic) bond motifs is 1. The number of carbonyl (C=O) groups excluding carboxylic acids is 1. The summed E-state index contributed by atoms with van der Waals surface area (Å²) in [7, 11) is 1.79. The fourth-order valence-corrected chi connectivity index (χ4v) is 1.22. The second-order valence-electron chi connectivity index (χ2n) is 2.67. The van der Waals surface area contributed by atoms with E-state index in [-0.39, 0.29) is 5.91 Å². The van der Waals surface area contributed by atoms with Crippen LogP contribution in [0.3, 0.4) is 0 Å². The zero-order valence-electron chi connectivity index (χ0n) is 6.32. The van der Waals surface area contributed by atoms with Crippen LogP contribution in [0.1, 0.15) is 10.6 Å². The van der Waals surface area contributed by atoms with Crippen LogP contribution >= 0.6 is 0 Å². The predicted molar refractivity (Wildman–Crippen MR) is 39.2 cm³/mol. The second-order valence-corrected chi connectivity index (χ2v) is 2.67. The van der Waals surface area contributed by atoms with Gasteiger partial charge in [0.1, 0.15) is 0 Å². The molecule has 2 heterocycles. The summed E-state index contributed by atoms with van der Waals surface area (Å²) in [6.45, 7) is 1.64. The first-order valence-corrected chi connectivity index (χ1v) is 3.55. The number of aromatic nitrogens is 2. The topological polar surface area (TPSA) is 38.1 Å². The van der Waals surface area contributed by atoms with Crippen LogP contribution in [0, 0.1) is 0 Å². The lowest BCUT2D eigenvalue weighted by atomic mass is 10.4. The summed E-state index contributed by atoms with van der Waals surface area (Å²) in [5.41, 5.74) is 0. The maximum absolute atomic E-state index is 11.3. The number of rotatable bonds is 0. The largest absolute Gasteiger partial charge is 0.337 e. The Bertz CT molecular complexity index is 292. The van der Waals surface area contributed by atoms with E-state index in [2.05, 4.69) is 4.98 Å². The monoisotopic (exact) mass is 151 g/mol. The van der Waals surface area contributed by atoms with Gasteiger partial charge in [-0.2, -0.15) is 0 Å². The lowest BCUT2D eigenvalue weighted by Gasteiger charge is -2.22. The van der Waals surface area contributed by atoms with Gasteiger partial charge in [-0.1, -0.05) is 0 Å². The number of amides is 1. The van der Waals surface area contributed by atoms with Gasteiger partial charge >= 0.3 is 0 Å². The summed E-state index contributed by atoms with van der Waals surface area (Å²) in [5.74, 6) is 0.569. The molecule has 1 amide bonds. The lowest BCUT2D eigenvalue weighted by molar-refractivity contribution is 0.0741. The highest BCUT2D eigenvalue weighted by Gasteiger charge is 2.21. The van der Waals surface area contributed by atoms with Crippen molar-refractivity contribution in [1.29, 1.82) is 0 Å². The van der Waals surface area contributed by atoms with E-state index in [1.54, 1.807) is 18.1 Å². The van der Waals surface area contributed by atoms with Crippen LogP contribution in [0.15, 0.2) is 12.4 Å². The number of carbonyl (C=O) groups is 1. The Balaban J connectivity index is 2.46. The minimum Gasteiger partial charge on any atom is -0.337 e. The summed E-state index contributed by atoms with van der Waals surface area (Å²) < 4.78 is 1.88. The van der Waals surface area contributed by atoms with Crippen molar-refractivity contribution in [3.05, 3.63) is 18.2 Å². The third-order valence-electron chi connectivity index (χ3n) is 1.93. The van der Waals surface area contributed by atoms with Gasteiger partial charge in [0, 0.05) is 32.5 Å². The van der Waals surface area contributed by atoms with Gasteiger partial charge in [0.25, 0.3) is 5.91 Å². The minimum absolute atomic E-state index is 0.0150. The summed E-state index contributed by atoms with van der Waals surface area (Å²) in [6, 6.07) is 0. The predicted octanol–water partition coefficient (Wildman–Crippen LogP) is -0.0313. The van der Waals surface area contributed by atoms with E-state index in [0.717, 1.165) is 13.1 Å². The van der Waals surface area contributed by atoms with Gasteiger partial charge in [0.05, 0.1) is 0 Å². The average molecular weight is 151 g/mol. The fraction of sp³-hybridized carbons (Fsp3) is 0.429. The van der Waals surface area contributed by atoms with Crippen LogP contribution in [0.25, 0.3) is 0 Å². The third-order valence-corrected chi connectivity index (χ3v) is 1.93. The molecule has 0 atom stereocenters. The van der Waals surface area contributed by atoms with Crippen molar-refractivity contribution in [2.45, 2.75) is 6.54 Å². The quantitative estimate of drug-likeness (QED) is 0.522. The van der Waals surface area contributed by atoms with E-state index in [4.69, 9.17) is 0 Å². The third kappa shape index (κ3) is 0.824. The first-order valence-electron chi connectivity index (χ1n) is 3.55. The zero-order valence-corrected chi connectivity index (χ0v) is 6.32. The van der Waals surface area contributed by atoms with Crippen LogP contribution in [-0.2, 0) is 6.54 Å². The lowest BCUT2D eigenvalue weighted by Crippen LogP contribution is -2.37. The normalized spacial score (nSPS) is 16.8. The number of nitrogens with zero attached hydrogens (tertiary/aromatic N) is 3. The molecule has 1 aliphatic rings. The van der Waals surface area contributed by atoms with Crippen molar-refractivity contribution >= 4 is 5.91 Å². The molecule has 0 aliphatic carbocycles. The zero-order chi connectivity index (χ0) is 7.84. The Kier molecular flexibility index (Phi) is 1.21. The van der Waals surface area contributed by atoms with Gasteiger partial charge in [0.15, 0.2) is 5.82 Å². The smallest absolute Gasteiger partial charge is 0.289 e. The van der Waals surface area contributed by atoms with Gasteiger partial charge in [-0.3, -0.25) is 4.79 Å². The Labute approximate surface area is 64.4 Å². The molecule has 0 saturated carbocycles. The van der Waals surface area contributed by atoms with Gasteiger partial charge in [-0.25, -0.2) is 4.98 Å². The number of hydrogen-bond donors (Lipinski definition) is 0. The molecule has 1 aromatic rings. The van der Waals surface area contributed by atoms with E-state index in [9.17, 15) is 4.79 Å². The van der Waals surface area contributed by atoms with Gasteiger partial charge < -0.3 is 9.47 Å². The number of likely N-dealkylation sites (N-methyl/N-ethyl adjacent to an activating group) is 1.